The van der Waals surface area contributed by atoms with Crippen molar-refractivity contribution in [3.8, 4) is 34.5 Å². The number of rotatable bonds is 9. The number of nitrogens with zero attached hydrogens (tertiary/aromatic N) is 2. The van der Waals surface area contributed by atoms with E-state index >= 15 is 0 Å². The number of fused-ring (bicyclic) bond motifs is 2. The predicted octanol–water partition coefficient (Wildman–Crippen LogP) is 12.8. The molecule has 4 saturated carbocycles. The maximum absolute atomic E-state index is 6.47. The van der Waals surface area contributed by atoms with Crippen LogP contribution in [0.25, 0.3) is 0 Å². The first-order valence-corrected chi connectivity index (χ1v) is 22.4. The van der Waals surface area contributed by atoms with Crippen LogP contribution in [0.1, 0.15) is 84.9 Å². The molecule has 2 aliphatic heterocycles. The predicted molar refractivity (Wildman–Crippen MR) is 242 cm³/mol. The maximum Gasteiger partial charge on any atom is 0.161 e. The van der Waals surface area contributed by atoms with Gasteiger partial charge in [-0.15, -0.1) is 0 Å². The standard InChI is InChI=1S/C55H56N2O4/c1-36-5-15-48(16-6-36)60-49-17-7-41(8-18-49)54(2,3)42-9-19-50(20-10-42)61-51-21-13-47(14-22-51)57-33-40-31-44(12-24-53(40)59-35-57)55(45-26-37-25-38(28-45)29-46(55)27-37)43-11-23-52-39(30-43)32-56(4)34-58-52/h5-24,30-31,37-38,45-46H,25-29,32-35H2,1-4H3. The van der Waals surface area contributed by atoms with Gasteiger partial charge in [0.05, 0.1) is 0 Å². The van der Waals surface area contributed by atoms with Gasteiger partial charge in [0.25, 0.3) is 0 Å². The second kappa shape index (κ2) is 15.0. The Bertz CT molecular complexity index is 2520. The first kappa shape index (κ1) is 38.2. The number of anilines is 1. The van der Waals surface area contributed by atoms with Crippen LogP contribution in [0.3, 0.4) is 0 Å². The molecule has 0 N–H and O–H groups in total. The van der Waals surface area contributed by atoms with Gasteiger partial charge in [0.2, 0.25) is 0 Å². The number of hydrogen-bond acceptors (Lipinski definition) is 6. The zero-order valence-corrected chi connectivity index (χ0v) is 35.9. The zero-order chi connectivity index (χ0) is 41.3. The van der Waals surface area contributed by atoms with Crippen molar-refractivity contribution >= 4 is 5.69 Å². The van der Waals surface area contributed by atoms with Crippen LogP contribution in [0.4, 0.5) is 5.69 Å². The van der Waals surface area contributed by atoms with E-state index in [0.29, 0.717) is 25.3 Å². The molecule has 6 nitrogen and oxygen atoms in total. The van der Waals surface area contributed by atoms with Gasteiger partial charge in [-0.1, -0.05) is 67.9 Å². The summed E-state index contributed by atoms with van der Waals surface area (Å²) in [7, 11) is 2.15. The van der Waals surface area contributed by atoms with Crippen LogP contribution in [-0.2, 0) is 23.9 Å². The van der Waals surface area contributed by atoms with Crippen molar-refractivity contribution in [3.63, 3.8) is 0 Å². The van der Waals surface area contributed by atoms with Gasteiger partial charge in [-0.25, -0.2) is 0 Å². The second-order valence-electron chi connectivity index (χ2n) is 19.3. The van der Waals surface area contributed by atoms with E-state index in [1.54, 1.807) is 0 Å². The lowest BCUT2D eigenvalue weighted by Crippen LogP contribution is -2.56. The van der Waals surface area contributed by atoms with Crippen LogP contribution in [0, 0.1) is 30.6 Å². The molecule has 6 aliphatic rings. The normalized spacial score (nSPS) is 24.0. The molecule has 310 valence electrons. The lowest BCUT2D eigenvalue weighted by Gasteiger charge is -2.62. The minimum atomic E-state index is -0.192. The van der Waals surface area contributed by atoms with Gasteiger partial charge < -0.3 is 23.8 Å². The fourth-order valence-electron chi connectivity index (χ4n) is 12.0. The average molecular weight is 809 g/mol. The Morgan fingerprint density at radius 1 is 0.541 bits per heavy atom. The molecule has 0 spiro atoms. The van der Waals surface area contributed by atoms with Crippen LogP contribution in [0.2, 0.25) is 0 Å². The van der Waals surface area contributed by atoms with E-state index in [4.69, 9.17) is 18.9 Å². The molecule has 0 atom stereocenters. The Morgan fingerprint density at radius 3 is 1.52 bits per heavy atom. The van der Waals surface area contributed by atoms with E-state index in [0.717, 1.165) is 65.1 Å². The van der Waals surface area contributed by atoms with Gasteiger partial charge in [0.1, 0.15) is 41.2 Å². The van der Waals surface area contributed by atoms with Gasteiger partial charge >= 0.3 is 0 Å². The highest BCUT2D eigenvalue weighted by molar-refractivity contribution is 5.56. The summed E-state index contributed by atoms with van der Waals surface area (Å²) in [4.78, 5) is 4.60. The Labute approximate surface area is 361 Å². The van der Waals surface area contributed by atoms with Crippen molar-refractivity contribution in [1.29, 1.82) is 0 Å². The van der Waals surface area contributed by atoms with Gasteiger partial charge in [-0.2, -0.15) is 0 Å². The molecule has 4 bridgehead atoms. The minimum Gasteiger partial charge on any atom is -0.478 e. The van der Waals surface area contributed by atoms with Crippen molar-refractivity contribution in [3.05, 3.63) is 172 Å². The minimum absolute atomic E-state index is 0.0197. The van der Waals surface area contributed by atoms with Crippen LogP contribution >= 0.6 is 0 Å². The quantitative estimate of drug-likeness (QED) is 0.145. The Hall–Kier alpha value is -5.72. The third kappa shape index (κ3) is 6.93. The number of benzene rings is 6. The Kier molecular flexibility index (Phi) is 9.41. The number of ether oxygens (including phenoxy) is 4. The average Bonchev–Trinajstić information content (AvgIpc) is 3.27. The Morgan fingerprint density at radius 2 is 1.00 bits per heavy atom. The van der Waals surface area contributed by atoms with Crippen molar-refractivity contribution in [2.75, 3.05) is 25.4 Å². The molecule has 0 unspecified atom stereocenters. The molecule has 12 rings (SSSR count). The summed E-state index contributed by atoms with van der Waals surface area (Å²) >= 11 is 0. The van der Waals surface area contributed by atoms with E-state index in [-0.39, 0.29) is 10.8 Å². The summed E-state index contributed by atoms with van der Waals surface area (Å²) in [6.45, 7) is 9.51. The SMILES string of the molecule is Cc1ccc(Oc2ccc(C(C)(C)c3ccc(Oc4ccc(N5COc6ccc(C7(c8ccc9c(c8)CN(C)CO9)C8CC9CC(C8)CC7C9)cc6C5)cc4)cc3)cc2)cc1. The summed E-state index contributed by atoms with van der Waals surface area (Å²) in [6, 6.07) is 47.9. The van der Waals surface area contributed by atoms with E-state index in [1.807, 2.05) is 12.1 Å². The van der Waals surface area contributed by atoms with Crippen molar-refractivity contribution in [2.45, 2.75) is 76.8 Å². The first-order valence-electron chi connectivity index (χ1n) is 22.4. The molecule has 4 fully saturated rings. The third-order valence-electron chi connectivity index (χ3n) is 15.0. The lowest BCUT2D eigenvalue weighted by atomic mass is 9.42. The van der Waals surface area contributed by atoms with E-state index in [9.17, 15) is 0 Å². The summed E-state index contributed by atoms with van der Waals surface area (Å²) < 4.78 is 25.1. The second-order valence-corrected chi connectivity index (χ2v) is 19.3. The summed E-state index contributed by atoms with van der Waals surface area (Å²) in [5.74, 6) is 8.46. The van der Waals surface area contributed by atoms with Crippen LogP contribution in [0.5, 0.6) is 34.5 Å². The molecule has 0 aromatic heterocycles. The molecule has 6 aromatic rings. The third-order valence-corrected chi connectivity index (χ3v) is 15.0. The molecule has 61 heavy (non-hydrogen) atoms. The topological polar surface area (TPSA) is 43.4 Å². The first-order chi connectivity index (χ1) is 29.7. The Balaban J connectivity index is 0.788. The zero-order valence-electron chi connectivity index (χ0n) is 35.9. The van der Waals surface area contributed by atoms with Crippen molar-refractivity contribution < 1.29 is 18.9 Å². The molecule has 6 aromatic carbocycles. The van der Waals surface area contributed by atoms with Crippen molar-refractivity contribution in [2.24, 2.45) is 23.7 Å². The molecule has 4 aliphatic carbocycles. The van der Waals surface area contributed by atoms with E-state index in [1.165, 1.54) is 71.0 Å². The fraction of sp³-hybridized carbons (Fsp3) is 0.345. The summed E-state index contributed by atoms with van der Waals surface area (Å²) in [5.41, 5.74) is 10.2. The van der Waals surface area contributed by atoms with E-state index in [2.05, 4.69) is 159 Å². The molecule has 6 heteroatoms. The summed E-state index contributed by atoms with van der Waals surface area (Å²) in [6.07, 6.45) is 6.82. The van der Waals surface area contributed by atoms with Crippen LogP contribution < -0.4 is 23.8 Å². The lowest BCUT2D eigenvalue weighted by molar-refractivity contribution is -0.0420. The highest BCUT2D eigenvalue weighted by Gasteiger charge is 2.58. The van der Waals surface area contributed by atoms with Gasteiger partial charge in [-0.05, 0) is 177 Å². The largest absolute Gasteiger partial charge is 0.478 e. The smallest absolute Gasteiger partial charge is 0.161 e. The number of aryl methyl sites for hydroxylation is 1. The fourth-order valence-corrected chi connectivity index (χ4v) is 12.0. The number of hydrogen-bond donors (Lipinski definition) is 0. The van der Waals surface area contributed by atoms with Gasteiger partial charge in [-0.3, -0.25) is 4.90 Å². The molecular weight excluding hydrogens is 753 g/mol. The highest BCUT2D eigenvalue weighted by atomic mass is 16.5. The maximum atomic E-state index is 6.47. The highest BCUT2D eigenvalue weighted by Crippen LogP contribution is 2.65. The molecule has 0 radical (unpaired) electrons. The molecule has 0 amide bonds. The summed E-state index contributed by atoms with van der Waals surface area (Å²) in [5, 5.41) is 0. The van der Waals surface area contributed by atoms with Crippen LogP contribution in [-0.4, -0.2) is 25.4 Å². The molecular formula is C55H56N2O4. The monoisotopic (exact) mass is 808 g/mol. The molecule has 0 saturated heterocycles. The molecule has 2 heterocycles. The van der Waals surface area contributed by atoms with Gasteiger partial charge in [0, 0.05) is 40.7 Å². The van der Waals surface area contributed by atoms with Crippen LogP contribution in [0.15, 0.2) is 133 Å². The van der Waals surface area contributed by atoms with Gasteiger partial charge in [0.15, 0.2) is 6.73 Å². The van der Waals surface area contributed by atoms with E-state index < -0.39 is 0 Å². The van der Waals surface area contributed by atoms with Crippen molar-refractivity contribution in [1.82, 2.24) is 4.90 Å².